The highest BCUT2D eigenvalue weighted by Gasteiger charge is 2.13. The summed E-state index contributed by atoms with van der Waals surface area (Å²) in [6, 6.07) is 16.5. The van der Waals surface area contributed by atoms with Gasteiger partial charge in [0.25, 0.3) is 5.91 Å². The number of nitriles is 1. The van der Waals surface area contributed by atoms with Gasteiger partial charge in [0.15, 0.2) is 11.7 Å². The number of benzene rings is 2. The summed E-state index contributed by atoms with van der Waals surface area (Å²) < 4.78 is 5.48. The lowest BCUT2D eigenvalue weighted by Gasteiger charge is -2.19. The van der Waals surface area contributed by atoms with E-state index >= 15 is 0 Å². The Hall–Kier alpha value is -2.91. The molecule has 2 N–H and O–H groups in total. The summed E-state index contributed by atoms with van der Waals surface area (Å²) in [6.07, 6.45) is 0. The van der Waals surface area contributed by atoms with Crippen LogP contribution in [0.4, 0.5) is 5.69 Å². The van der Waals surface area contributed by atoms with E-state index in [9.17, 15) is 4.79 Å². The lowest BCUT2D eigenvalue weighted by Crippen LogP contribution is -2.37. The third-order valence-electron chi connectivity index (χ3n) is 3.59. The fraction of sp³-hybridized carbons (Fsp3) is 0.250. The van der Waals surface area contributed by atoms with Crippen LogP contribution >= 0.6 is 12.2 Å². The van der Waals surface area contributed by atoms with Crippen molar-refractivity contribution in [3.63, 3.8) is 0 Å². The first-order valence-corrected chi connectivity index (χ1v) is 8.53. The second kappa shape index (κ2) is 8.45. The predicted molar refractivity (Wildman–Crippen MR) is 106 cm³/mol. The zero-order valence-electron chi connectivity index (χ0n) is 15.0. The van der Waals surface area contributed by atoms with Gasteiger partial charge in [-0.05, 0) is 53.5 Å². The Labute approximate surface area is 159 Å². The van der Waals surface area contributed by atoms with Crippen LogP contribution in [0.2, 0.25) is 0 Å². The minimum atomic E-state index is -0.362. The minimum absolute atomic E-state index is 0.0661. The molecule has 0 unspecified atom stereocenters. The molecular formula is C20H21N3O2S. The predicted octanol–water partition coefficient (Wildman–Crippen LogP) is 3.75. The van der Waals surface area contributed by atoms with Crippen LogP contribution in [0.5, 0.6) is 5.75 Å². The van der Waals surface area contributed by atoms with Gasteiger partial charge in [-0.3, -0.25) is 10.1 Å². The molecule has 2 rings (SSSR count). The number of hydrogen-bond donors (Lipinski definition) is 2. The van der Waals surface area contributed by atoms with E-state index in [-0.39, 0.29) is 23.0 Å². The van der Waals surface area contributed by atoms with Crippen LogP contribution in [-0.4, -0.2) is 17.6 Å². The highest BCUT2D eigenvalue weighted by molar-refractivity contribution is 7.80. The van der Waals surface area contributed by atoms with E-state index in [0.29, 0.717) is 17.0 Å². The van der Waals surface area contributed by atoms with E-state index in [0.717, 1.165) is 0 Å². The van der Waals surface area contributed by atoms with Gasteiger partial charge < -0.3 is 10.1 Å². The number of ether oxygens (including phenoxy) is 1. The monoisotopic (exact) mass is 367 g/mol. The van der Waals surface area contributed by atoms with Gasteiger partial charge in [0.2, 0.25) is 0 Å². The largest absolute Gasteiger partial charge is 0.484 e. The van der Waals surface area contributed by atoms with Crippen molar-refractivity contribution in [1.82, 2.24) is 5.32 Å². The van der Waals surface area contributed by atoms with E-state index in [1.165, 1.54) is 5.56 Å². The molecule has 0 saturated heterocycles. The van der Waals surface area contributed by atoms with Crippen LogP contribution in [0.1, 0.15) is 31.9 Å². The molecular weight excluding hydrogens is 346 g/mol. The van der Waals surface area contributed by atoms with Crippen LogP contribution in [0.15, 0.2) is 48.5 Å². The van der Waals surface area contributed by atoms with Crippen LogP contribution in [0.25, 0.3) is 0 Å². The Morgan fingerprint density at radius 2 is 1.88 bits per heavy atom. The van der Waals surface area contributed by atoms with E-state index in [4.69, 9.17) is 22.2 Å². The lowest BCUT2D eigenvalue weighted by atomic mass is 9.87. The number of rotatable bonds is 4. The van der Waals surface area contributed by atoms with Crippen molar-refractivity contribution >= 4 is 28.9 Å². The zero-order valence-corrected chi connectivity index (χ0v) is 15.8. The summed E-state index contributed by atoms with van der Waals surface area (Å²) in [7, 11) is 0. The molecule has 0 atom stereocenters. The Morgan fingerprint density at radius 1 is 1.19 bits per heavy atom. The maximum atomic E-state index is 12.0. The second-order valence-corrected chi connectivity index (χ2v) is 7.17. The normalized spacial score (nSPS) is 10.5. The number of carbonyl (C=O) groups is 1. The van der Waals surface area contributed by atoms with Crippen LogP contribution in [0, 0.1) is 11.3 Å². The number of hydrogen-bond acceptors (Lipinski definition) is 4. The van der Waals surface area contributed by atoms with Gasteiger partial charge in [-0.1, -0.05) is 39.0 Å². The van der Waals surface area contributed by atoms with Crippen molar-refractivity contribution in [1.29, 1.82) is 5.26 Å². The number of nitrogens with one attached hydrogen (secondary N) is 2. The minimum Gasteiger partial charge on any atom is -0.484 e. The van der Waals surface area contributed by atoms with Crippen molar-refractivity contribution in [2.75, 3.05) is 11.9 Å². The molecule has 6 heteroatoms. The first kappa shape index (κ1) is 19.4. The van der Waals surface area contributed by atoms with Crippen LogP contribution in [0.3, 0.4) is 0 Å². The number of amides is 1. The second-order valence-electron chi connectivity index (χ2n) is 6.76. The molecule has 0 aliphatic rings. The molecule has 0 aliphatic heterocycles. The fourth-order valence-electron chi connectivity index (χ4n) is 2.19. The van der Waals surface area contributed by atoms with Crippen molar-refractivity contribution in [3.8, 4) is 11.8 Å². The average molecular weight is 367 g/mol. The van der Waals surface area contributed by atoms with E-state index in [2.05, 4.69) is 31.4 Å². The molecule has 134 valence electrons. The van der Waals surface area contributed by atoms with Gasteiger partial charge in [-0.25, -0.2) is 0 Å². The van der Waals surface area contributed by atoms with Crippen LogP contribution < -0.4 is 15.4 Å². The summed E-state index contributed by atoms with van der Waals surface area (Å²) in [5, 5.41) is 14.4. The van der Waals surface area contributed by atoms with Crippen LogP contribution in [-0.2, 0) is 10.2 Å². The summed E-state index contributed by atoms with van der Waals surface area (Å²) in [5.74, 6) is 0.257. The molecule has 1 amide bonds. The standard InChI is InChI=1S/C20H21N3O2S/c1-20(2,3)15-7-9-17(10-8-15)25-13-18(24)23-19(26)22-16-6-4-5-14(11-16)12-21/h4-11H,13H2,1-3H3,(H2,22,23,24,26). The van der Waals surface area contributed by atoms with Gasteiger partial charge in [0.1, 0.15) is 5.75 Å². The Morgan fingerprint density at radius 3 is 2.50 bits per heavy atom. The highest BCUT2D eigenvalue weighted by atomic mass is 32.1. The average Bonchev–Trinajstić information content (AvgIpc) is 2.59. The molecule has 2 aromatic rings. The van der Waals surface area contributed by atoms with Gasteiger partial charge in [-0.2, -0.15) is 5.26 Å². The van der Waals surface area contributed by atoms with Crippen molar-refractivity contribution in [2.24, 2.45) is 0 Å². The number of thiocarbonyl (C=S) groups is 1. The van der Waals surface area contributed by atoms with Crippen molar-refractivity contribution in [3.05, 3.63) is 59.7 Å². The van der Waals surface area contributed by atoms with Gasteiger partial charge in [0.05, 0.1) is 11.6 Å². The third kappa shape index (κ3) is 5.87. The quantitative estimate of drug-likeness (QED) is 0.805. The summed E-state index contributed by atoms with van der Waals surface area (Å²) >= 11 is 5.10. The number of carbonyl (C=O) groups excluding carboxylic acids is 1. The molecule has 0 radical (unpaired) electrons. The smallest absolute Gasteiger partial charge is 0.264 e. The molecule has 0 aromatic heterocycles. The first-order chi connectivity index (χ1) is 12.3. The first-order valence-electron chi connectivity index (χ1n) is 8.12. The van der Waals surface area contributed by atoms with E-state index in [1.54, 1.807) is 24.3 Å². The Kier molecular flexibility index (Phi) is 6.31. The fourth-order valence-corrected chi connectivity index (χ4v) is 2.42. The molecule has 2 aromatic carbocycles. The molecule has 0 aliphatic carbocycles. The summed E-state index contributed by atoms with van der Waals surface area (Å²) in [6.45, 7) is 6.26. The maximum absolute atomic E-state index is 12.0. The summed E-state index contributed by atoms with van der Waals surface area (Å²) in [5.41, 5.74) is 2.40. The lowest BCUT2D eigenvalue weighted by molar-refractivity contribution is -0.121. The van der Waals surface area contributed by atoms with E-state index in [1.807, 2.05) is 30.3 Å². The molecule has 26 heavy (non-hydrogen) atoms. The third-order valence-corrected chi connectivity index (χ3v) is 3.80. The number of nitrogens with zero attached hydrogens (tertiary/aromatic N) is 1. The number of anilines is 1. The SMILES string of the molecule is CC(C)(C)c1ccc(OCC(=O)NC(=S)Nc2cccc(C#N)c2)cc1. The molecule has 0 spiro atoms. The van der Waals surface area contributed by atoms with Crippen molar-refractivity contribution in [2.45, 2.75) is 26.2 Å². The topological polar surface area (TPSA) is 74.2 Å². The van der Waals surface area contributed by atoms with Gasteiger partial charge in [0, 0.05) is 5.69 Å². The Bertz CT molecular complexity index is 833. The molecule has 5 nitrogen and oxygen atoms in total. The molecule has 0 bridgehead atoms. The maximum Gasteiger partial charge on any atom is 0.264 e. The zero-order chi connectivity index (χ0) is 19.2. The molecule has 0 heterocycles. The summed E-state index contributed by atoms with van der Waals surface area (Å²) in [4.78, 5) is 12.0. The van der Waals surface area contributed by atoms with Gasteiger partial charge >= 0.3 is 0 Å². The van der Waals surface area contributed by atoms with Gasteiger partial charge in [-0.15, -0.1) is 0 Å². The highest BCUT2D eigenvalue weighted by Crippen LogP contribution is 2.24. The van der Waals surface area contributed by atoms with E-state index < -0.39 is 0 Å². The Balaban J connectivity index is 1.83. The molecule has 0 saturated carbocycles. The molecule has 0 fully saturated rings. The van der Waals surface area contributed by atoms with Crippen molar-refractivity contribution < 1.29 is 9.53 Å².